The highest BCUT2D eigenvalue weighted by Gasteiger charge is 2.47. The third kappa shape index (κ3) is 5.16. The first-order valence-electron chi connectivity index (χ1n) is 13.1. The van der Waals surface area contributed by atoms with E-state index in [-0.39, 0.29) is 17.5 Å². The summed E-state index contributed by atoms with van der Waals surface area (Å²) in [5, 5.41) is 9.11. The number of benzene rings is 3. The molecule has 0 unspecified atom stereocenters. The predicted molar refractivity (Wildman–Crippen MR) is 145 cm³/mol. The Balaban J connectivity index is 1.19. The molecule has 1 amide bonds. The van der Waals surface area contributed by atoms with E-state index >= 15 is 0 Å². The molecule has 3 aromatic carbocycles. The van der Waals surface area contributed by atoms with Crippen LogP contribution < -0.4 is 4.90 Å². The number of rotatable bonds is 6. The number of halogens is 1. The minimum atomic E-state index is -0.995. The Morgan fingerprint density at radius 1 is 1.00 bits per heavy atom. The van der Waals surface area contributed by atoms with Gasteiger partial charge in [-0.25, -0.2) is 14.0 Å². The molecule has 6 nitrogen and oxygen atoms in total. The number of nitrogens with zero attached hydrogens (tertiary/aromatic N) is 2. The molecule has 198 valence electrons. The average molecular weight is 517 g/mol. The third-order valence-corrected chi connectivity index (χ3v) is 7.87. The first-order chi connectivity index (χ1) is 18.1. The number of carbonyl (C=O) groups excluding carboxylic acids is 1. The lowest BCUT2D eigenvalue weighted by Gasteiger charge is -2.37. The van der Waals surface area contributed by atoms with E-state index in [1.807, 2.05) is 32.9 Å². The Morgan fingerprint density at radius 2 is 1.66 bits per heavy atom. The number of aryl methyl sites for hydroxylation is 3. The number of hydrogen-bond donors (Lipinski definition) is 1. The molecular formula is C31H33FN2O4. The topological polar surface area (TPSA) is 70.1 Å². The summed E-state index contributed by atoms with van der Waals surface area (Å²) < 4.78 is 20.5. The largest absolute Gasteiger partial charge is 0.478 e. The van der Waals surface area contributed by atoms with E-state index in [1.54, 1.807) is 23.1 Å². The van der Waals surface area contributed by atoms with Crippen molar-refractivity contribution in [1.29, 1.82) is 0 Å². The fourth-order valence-electron chi connectivity index (χ4n) is 5.78. The quantitative estimate of drug-likeness (QED) is 0.426. The van der Waals surface area contributed by atoms with E-state index in [9.17, 15) is 14.0 Å². The molecule has 2 fully saturated rings. The van der Waals surface area contributed by atoms with Crippen LogP contribution in [0.5, 0.6) is 0 Å². The molecule has 0 saturated carbocycles. The molecule has 2 saturated heterocycles. The molecular weight excluding hydrogens is 483 g/mol. The number of carboxylic acid groups (broad SMARTS) is 1. The van der Waals surface area contributed by atoms with Crippen LogP contribution in [0.4, 0.5) is 14.9 Å². The standard InChI is InChI=1S/C31H33FN2O4/c1-20-4-9-26(27(32)16-20)28-21(2)17-23(18-22(28)3)10-13-33-14-11-31(12-15-33)19-34(30(37)38-31)25-7-5-24(6-8-25)29(35)36/h4-9,16-18H,10-15,19H2,1-3H3,(H,35,36). The van der Waals surface area contributed by atoms with Gasteiger partial charge in [-0.2, -0.15) is 0 Å². The number of likely N-dealkylation sites (tertiary alicyclic amines) is 1. The Morgan fingerprint density at radius 3 is 2.26 bits per heavy atom. The number of ether oxygens (including phenoxy) is 1. The van der Waals surface area contributed by atoms with Crippen molar-refractivity contribution in [1.82, 2.24) is 4.90 Å². The molecule has 0 aliphatic carbocycles. The molecule has 2 heterocycles. The SMILES string of the molecule is Cc1ccc(-c2c(C)cc(CCN3CCC4(CC3)CN(c3ccc(C(=O)O)cc3)C(=O)O4)cc2C)c(F)c1. The highest BCUT2D eigenvalue weighted by atomic mass is 19.1. The maximum atomic E-state index is 14.6. The Labute approximate surface area is 222 Å². The van der Waals surface area contributed by atoms with Gasteiger partial charge in [0.2, 0.25) is 0 Å². The molecule has 0 atom stereocenters. The predicted octanol–water partition coefficient (Wildman–Crippen LogP) is 6.15. The van der Waals surface area contributed by atoms with Crippen molar-refractivity contribution in [2.24, 2.45) is 0 Å². The van der Waals surface area contributed by atoms with Crippen LogP contribution in [-0.2, 0) is 11.2 Å². The monoisotopic (exact) mass is 516 g/mol. The fraction of sp³-hybridized carbons (Fsp3) is 0.355. The lowest BCUT2D eigenvalue weighted by Crippen LogP contribution is -2.47. The van der Waals surface area contributed by atoms with Gasteiger partial charge in [-0.05, 0) is 85.3 Å². The average Bonchev–Trinajstić information content (AvgIpc) is 3.20. The highest BCUT2D eigenvalue weighted by Crippen LogP contribution is 2.36. The summed E-state index contributed by atoms with van der Waals surface area (Å²) in [6, 6.07) is 16.1. The summed E-state index contributed by atoms with van der Waals surface area (Å²) in [4.78, 5) is 27.8. The van der Waals surface area contributed by atoms with Crippen molar-refractivity contribution in [2.75, 3.05) is 31.1 Å². The lowest BCUT2D eigenvalue weighted by molar-refractivity contribution is 0.00126. The van der Waals surface area contributed by atoms with Crippen molar-refractivity contribution >= 4 is 17.7 Å². The fourth-order valence-corrected chi connectivity index (χ4v) is 5.78. The van der Waals surface area contributed by atoms with E-state index in [2.05, 4.69) is 17.0 Å². The van der Waals surface area contributed by atoms with Gasteiger partial charge in [0.1, 0.15) is 11.4 Å². The van der Waals surface area contributed by atoms with Crippen LogP contribution >= 0.6 is 0 Å². The van der Waals surface area contributed by atoms with Crippen LogP contribution in [0.3, 0.4) is 0 Å². The second-order valence-corrected chi connectivity index (χ2v) is 10.7. The summed E-state index contributed by atoms with van der Waals surface area (Å²) in [6.45, 7) is 9.04. The first kappa shape index (κ1) is 25.9. The molecule has 1 N–H and O–H groups in total. The van der Waals surface area contributed by atoms with Crippen LogP contribution in [0.15, 0.2) is 54.6 Å². The number of piperidine rings is 1. The summed E-state index contributed by atoms with van der Waals surface area (Å²) >= 11 is 0. The van der Waals surface area contributed by atoms with Crippen molar-refractivity contribution < 1.29 is 23.8 Å². The van der Waals surface area contributed by atoms with E-state index in [0.29, 0.717) is 17.8 Å². The van der Waals surface area contributed by atoms with Gasteiger partial charge in [-0.15, -0.1) is 0 Å². The zero-order chi connectivity index (χ0) is 27.0. The normalized spacial score (nSPS) is 17.2. The number of amides is 1. The van der Waals surface area contributed by atoms with Crippen LogP contribution in [0.25, 0.3) is 11.1 Å². The summed E-state index contributed by atoms with van der Waals surface area (Å²) in [5.74, 6) is -1.18. The highest BCUT2D eigenvalue weighted by molar-refractivity contribution is 5.92. The second-order valence-electron chi connectivity index (χ2n) is 10.7. The van der Waals surface area contributed by atoms with Crippen LogP contribution in [0, 0.1) is 26.6 Å². The molecule has 0 radical (unpaired) electrons. The van der Waals surface area contributed by atoms with Crippen molar-refractivity contribution in [3.05, 3.63) is 88.2 Å². The zero-order valence-electron chi connectivity index (χ0n) is 22.1. The minimum Gasteiger partial charge on any atom is -0.478 e. The number of hydrogen-bond acceptors (Lipinski definition) is 4. The van der Waals surface area contributed by atoms with E-state index in [0.717, 1.165) is 61.2 Å². The van der Waals surface area contributed by atoms with Gasteiger partial charge in [0.05, 0.1) is 12.1 Å². The van der Waals surface area contributed by atoms with Crippen molar-refractivity contribution in [2.45, 2.75) is 45.6 Å². The summed E-state index contributed by atoms with van der Waals surface area (Å²) in [6.07, 6.45) is 2.03. The third-order valence-electron chi connectivity index (χ3n) is 7.87. The van der Waals surface area contributed by atoms with Gasteiger partial charge >= 0.3 is 12.1 Å². The minimum absolute atomic E-state index is 0.186. The second kappa shape index (κ2) is 10.2. The molecule has 38 heavy (non-hydrogen) atoms. The first-order valence-corrected chi connectivity index (χ1v) is 13.1. The van der Waals surface area contributed by atoms with E-state index in [4.69, 9.17) is 9.84 Å². The summed E-state index contributed by atoms with van der Waals surface area (Å²) in [5.41, 5.74) is 6.25. The maximum Gasteiger partial charge on any atom is 0.415 e. The van der Waals surface area contributed by atoms with Gasteiger partial charge in [0.25, 0.3) is 0 Å². The molecule has 2 aliphatic rings. The number of aromatic carboxylic acids is 1. The van der Waals surface area contributed by atoms with Crippen LogP contribution in [0.2, 0.25) is 0 Å². The zero-order valence-corrected chi connectivity index (χ0v) is 22.1. The molecule has 3 aromatic rings. The smallest absolute Gasteiger partial charge is 0.415 e. The maximum absolute atomic E-state index is 14.6. The number of anilines is 1. The van der Waals surface area contributed by atoms with Gasteiger partial charge in [-0.3, -0.25) is 4.90 Å². The molecule has 2 aliphatic heterocycles. The van der Waals surface area contributed by atoms with Gasteiger partial charge in [0, 0.05) is 43.7 Å². The van der Waals surface area contributed by atoms with Crippen LogP contribution in [-0.4, -0.2) is 53.8 Å². The van der Waals surface area contributed by atoms with Gasteiger partial charge < -0.3 is 14.7 Å². The molecule has 7 heteroatoms. The molecule has 5 rings (SSSR count). The van der Waals surface area contributed by atoms with E-state index in [1.165, 1.54) is 17.7 Å². The van der Waals surface area contributed by atoms with E-state index < -0.39 is 11.6 Å². The van der Waals surface area contributed by atoms with Crippen LogP contribution in [0.1, 0.15) is 45.5 Å². The Hall–Kier alpha value is -3.71. The van der Waals surface area contributed by atoms with Crippen molar-refractivity contribution in [3.63, 3.8) is 0 Å². The Bertz CT molecular complexity index is 1350. The molecule has 0 aromatic heterocycles. The molecule has 1 spiro atoms. The lowest BCUT2D eigenvalue weighted by atomic mass is 9.90. The van der Waals surface area contributed by atoms with Gasteiger partial charge in [-0.1, -0.05) is 24.3 Å². The summed E-state index contributed by atoms with van der Waals surface area (Å²) in [7, 11) is 0. The number of carbonyl (C=O) groups is 2. The molecule has 0 bridgehead atoms. The van der Waals surface area contributed by atoms with Crippen molar-refractivity contribution in [3.8, 4) is 11.1 Å². The number of carboxylic acids is 1. The van der Waals surface area contributed by atoms with Gasteiger partial charge in [0.15, 0.2) is 0 Å². The Kier molecular flexibility index (Phi) is 6.97.